The van der Waals surface area contributed by atoms with Crippen LogP contribution in [0.2, 0.25) is 5.15 Å². The van der Waals surface area contributed by atoms with Crippen LogP contribution in [0.25, 0.3) is 0 Å². The maximum Gasteiger partial charge on any atom is 0.340 e. The first-order valence-corrected chi connectivity index (χ1v) is 4.47. The molecule has 0 spiro atoms. The molecule has 0 aliphatic carbocycles. The third-order valence-electron chi connectivity index (χ3n) is 1.59. The molecule has 0 bridgehead atoms. The van der Waals surface area contributed by atoms with E-state index in [9.17, 15) is 4.79 Å². The Labute approximate surface area is 88.9 Å². The van der Waals surface area contributed by atoms with Gasteiger partial charge in [-0.25, -0.2) is 14.9 Å². The van der Waals surface area contributed by atoms with E-state index in [2.05, 4.69) is 30.5 Å². The minimum absolute atomic E-state index is 0.301. The molecule has 0 atom stereocenters. The van der Waals surface area contributed by atoms with Crippen molar-refractivity contribution in [2.75, 3.05) is 5.32 Å². The highest BCUT2D eigenvalue weighted by Gasteiger charge is 1.99. The molecule has 0 fully saturated rings. The first kappa shape index (κ1) is 9.66. The van der Waals surface area contributed by atoms with Gasteiger partial charge in [0.25, 0.3) is 0 Å². The molecule has 2 aromatic heterocycles. The topological polar surface area (TPSA) is 99.3 Å². The van der Waals surface area contributed by atoms with Gasteiger partial charge in [-0.1, -0.05) is 11.6 Å². The molecule has 0 aliphatic rings. The molecule has 0 saturated carbocycles. The highest BCUT2D eigenvalue weighted by Crippen LogP contribution is 2.06. The van der Waals surface area contributed by atoms with Gasteiger partial charge in [0, 0.05) is 0 Å². The standard InChI is InChI=1S/C7H7ClN6O/c8-4-1-9-2-5(11-4)10-3-6-12-7(15)14-13-6/h1-2H,3H2,(H,10,11)(H2,12,13,14,15). The van der Waals surface area contributed by atoms with Gasteiger partial charge < -0.3 is 5.32 Å². The molecule has 0 saturated heterocycles. The summed E-state index contributed by atoms with van der Waals surface area (Å²) in [5.74, 6) is 1.01. The number of hydrogen-bond donors (Lipinski definition) is 3. The second kappa shape index (κ2) is 4.09. The fourth-order valence-electron chi connectivity index (χ4n) is 0.991. The molecule has 7 nitrogen and oxygen atoms in total. The highest BCUT2D eigenvalue weighted by atomic mass is 35.5. The van der Waals surface area contributed by atoms with Crippen LogP contribution in [0.5, 0.6) is 0 Å². The molecular formula is C7H7ClN6O. The van der Waals surface area contributed by atoms with Gasteiger partial charge in [-0.2, -0.15) is 5.10 Å². The van der Waals surface area contributed by atoms with Gasteiger partial charge >= 0.3 is 5.69 Å². The average molecular weight is 227 g/mol. The van der Waals surface area contributed by atoms with E-state index in [1.807, 2.05) is 0 Å². The Kier molecular flexibility index (Phi) is 2.64. The van der Waals surface area contributed by atoms with Crippen molar-refractivity contribution in [1.29, 1.82) is 0 Å². The zero-order valence-corrected chi connectivity index (χ0v) is 8.25. The smallest absolute Gasteiger partial charge is 0.340 e. The van der Waals surface area contributed by atoms with Crippen molar-refractivity contribution >= 4 is 17.4 Å². The molecule has 78 valence electrons. The largest absolute Gasteiger partial charge is 0.361 e. The fourth-order valence-corrected chi connectivity index (χ4v) is 1.14. The fraction of sp³-hybridized carbons (Fsp3) is 0.143. The van der Waals surface area contributed by atoms with Crippen LogP contribution in [0.4, 0.5) is 5.82 Å². The summed E-state index contributed by atoms with van der Waals surface area (Å²) in [6.07, 6.45) is 2.96. The number of hydrogen-bond acceptors (Lipinski definition) is 5. The van der Waals surface area contributed by atoms with Gasteiger partial charge in [-0.3, -0.25) is 9.97 Å². The lowest BCUT2D eigenvalue weighted by molar-refractivity contribution is 0.944. The highest BCUT2D eigenvalue weighted by molar-refractivity contribution is 6.29. The van der Waals surface area contributed by atoms with Crippen LogP contribution in [-0.4, -0.2) is 25.1 Å². The van der Waals surface area contributed by atoms with Gasteiger partial charge in [-0.05, 0) is 0 Å². The lowest BCUT2D eigenvalue weighted by Crippen LogP contribution is -2.05. The van der Waals surface area contributed by atoms with Crippen molar-refractivity contribution in [2.24, 2.45) is 0 Å². The predicted molar refractivity (Wildman–Crippen MR) is 53.6 cm³/mol. The summed E-state index contributed by atoms with van der Waals surface area (Å²) in [6, 6.07) is 0. The molecule has 2 rings (SSSR count). The molecule has 0 aliphatic heterocycles. The monoisotopic (exact) mass is 226 g/mol. The lowest BCUT2D eigenvalue weighted by Gasteiger charge is -2.01. The molecule has 3 N–H and O–H groups in total. The third-order valence-corrected chi connectivity index (χ3v) is 1.77. The second-order valence-electron chi connectivity index (χ2n) is 2.71. The van der Waals surface area contributed by atoms with Gasteiger partial charge in [-0.15, -0.1) is 0 Å². The molecular weight excluding hydrogens is 220 g/mol. The molecule has 8 heteroatoms. The van der Waals surface area contributed by atoms with Crippen LogP contribution in [-0.2, 0) is 6.54 Å². The first-order chi connectivity index (χ1) is 7.24. The summed E-state index contributed by atoms with van der Waals surface area (Å²) >= 11 is 5.64. The first-order valence-electron chi connectivity index (χ1n) is 4.09. The van der Waals surface area contributed by atoms with E-state index in [1.54, 1.807) is 0 Å². The maximum absolute atomic E-state index is 10.7. The average Bonchev–Trinajstić information content (AvgIpc) is 2.62. The Morgan fingerprint density at radius 3 is 3.00 bits per heavy atom. The Bertz CT molecular complexity index is 506. The van der Waals surface area contributed by atoms with E-state index in [0.717, 1.165) is 0 Å². The number of rotatable bonds is 3. The van der Waals surface area contributed by atoms with Crippen molar-refractivity contribution in [1.82, 2.24) is 25.1 Å². The number of nitrogens with zero attached hydrogens (tertiary/aromatic N) is 3. The Morgan fingerprint density at radius 1 is 1.47 bits per heavy atom. The SMILES string of the molecule is O=c1[nH]nc(CNc2cncc(Cl)n2)[nH]1. The number of anilines is 1. The molecule has 0 unspecified atom stereocenters. The van der Waals surface area contributed by atoms with Crippen LogP contribution in [0, 0.1) is 0 Å². The van der Waals surface area contributed by atoms with Gasteiger partial charge in [0.1, 0.15) is 16.8 Å². The number of halogens is 1. The van der Waals surface area contributed by atoms with Gasteiger partial charge in [0.15, 0.2) is 0 Å². The number of H-pyrrole nitrogens is 2. The summed E-state index contributed by atoms with van der Waals surface area (Å²) in [5, 5.41) is 9.18. The maximum atomic E-state index is 10.7. The zero-order chi connectivity index (χ0) is 10.7. The van der Waals surface area contributed by atoms with E-state index >= 15 is 0 Å². The Balaban J connectivity index is 2.02. The molecule has 2 aromatic rings. The van der Waals surface area contributed by atoms with Crippen LogP contribution < -0.4 is 11.0 Å². The number of aromatic nitrogens is 5. The number of aromatic amines is 2. The van der Waals surface area contributed by atoms with Crippen LogP contribution in [0.3, 0.4) is 0 Å². The minimum Gasteiger partial charge on any atom is -0.361 e. The van der Waals surface area contributed by atoms with E-state index in [0.29, 0.717) is 23.3 Å². The Hall–Kier alpha value is -1.89. The van der Waals surface area contributed by atoms with Crippen LogP contribution >= 0.6 is 11.6 Å². The summed E-state index contributed by atoms with van der Waals surface area (Å²) < 4.78 is 0. The third kappa shape index (κ3) is 2.53. The minimum atomic E-state index is -0.344. The molecule has 0 radical (unpaired) electrons. The van der Waals surface area contributed by atoms with E-state index in [1.165, 1.54) is 12.4 Å². The van der Waals surface area contributed by atoms with Gasteiger partial charge in [0.05, 0.1) is 18.9 Å². The van der Waals surface area contributed by atoms with Crippen molar-refractivity contribution < 1.29 is 0 Å². The van der Waals surface area contributed by atoms with E-state index in [-0.39, 0.29) is 5.69 Å². The molecule has 15 heavy (non-hydrogen) atoms. The molecule has 0 amide bonds. The Morgan fingerprint density at radius 2 is 2.33 bits per heavy atom. The van der Waals surface area contributed by atoms with Crippen molar-refractivity contribution in [2.45, 2.75) is 6.54 Å². The molecule has 2 heterocycles. The van der Waals surface area contributed by atoms with Gasteiger partial charge in [0.2, 0.25) is 0 Å². The van der Waals surface area contributed by atoms with Crippen molar-refractivity contribution in [3.8, 4) is 0 Å². The summed E-state index contributed by atoms with van der Waals surface area (Å²) in [7, 11) is 0. The van der Waals surface area contributed by atoms with Crippen molar-refractivity contribution in [3.63, 3.8) is 0 Å². The zero-order valence-electron chi connectivity index (χ0n) is 7.49. The normalized spacial score (nSPS) is 10.2. The quantitative estimate of drug-likeness (QED) is 0.692. The summed E-state index contributed by atoms with van der Waals surface area (Å²) in [6.45, 7) is 0.341. The van der Waals surface area contributed by atoms with Crippen LogP contribution in [0.1, 0.15) is 5.82 Å². The van der Waals surface area contributed by atoms with E-state index < -0.39 is 0 Å². The van der Waals surface area contributed by atoms with Crippen LogP contribution in [0.15, 0.2) is 17.2 Å². The van der Waals surface area contributed by atoms with Crippen molar-refractivity contribution in [3.05, 3.63) is 33.9 Å². The molecule has 0 aromatic carbocycles. The predicted octanol–water partition coefficient (Wildman–Crippen LogP) is 0.153. The lowest BCUT2D eigenvalue weighted by atomic mass is 10.5. The van der Waals surface area contributed by atoms with E-state index in [4.69, 9.17) is 11.6 Å². The second-order valence-corrected chi connectivity index (χ2v) is 3.09. The number of nitrogens with one attached hydrogen (secondary N) is 3. The summed E-state index contributed by atoms with van der Waals surface area (Å²) in [5.41, 5.74) is -0.344. The summed E-state index contributed by atoms with van der Waals surface area (Å²) in [4.78, 5) is 21.0.